The van der Waals surface area contributed by atoms with Crippen molar-refractivity contribution in [1.82, 2.24) is 9.88 Å². The summed E-state index contributed by atoms with van der Waals surface area (Å²) < 4.78 is 6.77. The van der Waals surface area contributed by atoms with Gasteiger partial charge in [0.15, 0.2) is 0 Å². The fourth-order valence-electron chi connectivity index (χ4n) is 3.60. The first-order valence-electron chi connectivity index (χ1n) is 8.64. The third kappa shape index (κ3) is 3.44. The first-order valence-corrected chi connectivity index (χ1v) is 9.84. The molecule has 2 aliphatic heterocycles. The lowest BCUT2D eigenvalue weighted by molar-refractivity contribution is -0.134. The smallest absolute Gasteiger partial charge is 0.225 e. The van der Waals surface area contributed by atoms with Gasteiger partial charge >= 0.3 is 0 Å². The van der Waals surface area contributed by atoms with Crippen LogP contribution in [0.4, 0.5) is 0 Å². The molecule has 1 amide bonds. The van der Waals surface area contributed by atoms with Crippen molar-refractivity contribution in [2.45, 2.75) is 44.1 Å². The molecule has 2 saturated heterocycles. The lowest BCUT2D eigenvalue weighted by Gasteiger charge is -2.31. The summed E-state index contributed by atoms with van der Waals surface area (Å²) in [5, 5.41) is 1.91. The summed E-state index contributed by atoms with van der Waals surface area (Å²) in [4.78, 5) is 19.2. The third-order valence-corrected chi connectivity index (χ3v) is 6.42. The lowest BCUT2D eigenvalue weighted by atomic mass is 9.97. The first kappa shape index (κ1) is 16.3. The molecule has 4 rings (SSSR count). The van der Waals surface area contributed by atoms with Crippen molar-refractivity contribution in [2.75, 3.05) is 19.7 Å². The van der Waals surface area contributed by atoms with Crippen LogP contribution in [-0.2, 0) is 9.53 Å². The number of benzene rings is 1. The number of likely N-dealkylation sites (tertiary alicyclic amines) is 1. The standard InChI is InChI=1S/C18H21ClN2O2S/c19-13-3-4-16-15(10-13)20-18(24-16)12-5-7-21(8-6-12)17(22)11-14-2-1-9-23-14/h3-4,10,12,14H,1-2,5-9,11H2. The van der Waals surface area contributed by atoms with Crippen LogP contribution in [-0.4, -0.2) is 41.6 Å². The highest BCUT2D eigenvalue weighted by Gasteiger charge is 2.28. The van der Waals surface area contributed by atoms with Crippen LogP contribution < -0.4 is 0 Å². The minimum Gasteiger partial charge on any atom is -0.378 e. The van der Waals surface area contributed by atoms with Crippen molar-refractivity contribution in [1.29, 1.82) is 0 Å². The van der Waals surface area contributed by atoms with E-state index in [1.807, 2.05) is 23.1 Å². The number of ether oxygens (including phenoxy) is 1. The summed E-state index contributed by atoms with van der Waals surface area (Å²) in [7, 11) is 0. The van der Waals surface area contributed by atoms with E-state index >= 15 is 0 Å². The molecule has 24 heavy (non-hydrogen) atoms. The zero-order valence-corrected chi connectivity index (χ0v) is 15.1. The Bertz CT molecular complexity index is 734. The van der Waals surface area contributed by atoms with Gasteiger partial charge in [0.25, 0.3) is 0 Å². The normalized spacial score (nSPS) is 22.4. The predicted octanol–water partition coefficient (Wildman–Crippen LogP) is 4.22. The molecule has 2 fully saturated rings. The molecule has 0 saturated carbocycles. The fourth-order valence-corrected chi connectivity index (χ4v) is 4.88. The summed E-state index contributed by atoms with van der Waals surface area (Å²) in [5.74, 6) is 0.699. The van der Waals surface area contributed by atoms with Gasteiger partial charge in [-0.1, -0.05) is 11.6 Å². The van der Waals surface area contributed by atoms with Gasteiger partial charge in [-0.3, -0.25) is 4.79 Å². The van der Waals surface area contributed by atoms with E-state index in [2.05, 4.69) is 0 Å². The highest BCUT2D eigenvalue weighted by Crippen LogP contribution is 2.35. The van der Waals surface area contributed by atoms with E-state index in [1.54, 1.807) is 11.3 Å². The third-order valence-electron chi connectivity index (χ3n) is 4.99. The number of piperidine rings is 1. The molecule has 0 aliphatic carbocycles. The minimum absolute atomic E-state index is 0.143. The summed E-state index contributed by atoms with van der Waals surface area (Å²) >= 11 is 7.80. The number of carbonyl (C=O) groups is 1. The Hall–Kier alpha value is -1.17. The van der Waals surface area contributed by atoms with Gasteiger partial charge in [-0.2, -0.15) is 0 Å². The van der Waals surface area contributed by atoms with Crippen molar-refractivity contribution in [3.63, 3.8) is 0 Å². The van der Waals surface area contributed by atoms with Gasteiger partial charge in [0.05, 0.1) is 27.7 Å². The van der Waals surface area contributed by atoms with Gasteiger partial charge in [-0.05, 0) is 43.9 Å². The Labute approximate surface area is 150 Å². The molecule has 2 aromatic rings. The van der Waals surface area contributed by atoms with Crippen LogP contribution in [0.5, 0.6) is 0 Å². The van der Waals surface area contributed by atoms with Crippen LogP contribution in [0.2, 0.25) is 5.02 Å². The van der Waals surface area contributed by atoms with E-state index in [0.29, 0.717) is 12.3 Å². The second-order valence-electron chi connectivity index (χ2n) is 6.66. The number of carbonyl (C=O) groups excluding carboxylic acids is 1. The lowest BCUT2D eigenvalue weighted by Crippen LogP contribution is -2.39. The number of hydrogen-bond acceptors (Lipinski definition) is 4. The summed E-state index contributed by atoms with van der Waals surface area (Å²) in [6.45, 7) is 2.46. The Morgan fingerprint density at radius 2 is 2.17 bits per heavy atom. The van der Waals surface area contributed by atoms with Gasteiger partial charge in [-0.15, -0.1) is 11.3 Å². The maximum Gasteiger partial charge on any atom is 0.225 e. The molecule has 0 radical (unpaired) electrons. The topological polar surface area (TPSA) is 42.4 Å². The number of thiazole rings is 1. The molecule has 1 aromatic carbocycles. The van der Waals surface area contributed by atoms with Crippen molar-refractivity contribution in [3.8, 4) is 0 Å². The molecule has 1 aromatic heterocycles. The second kappa shape index (κ2) is 6.98. The van der Waals surface area contributed by atoms with E-state index in [9.17, 15) is 4.79 Å². The van der Waals surface area contributed by atoms with E-state index < -0.39 is 0 Å². The molecule has 128 valence electrons. The van der Waals surface area contributed by atoms with E-state index in [0.717, 1.165) is 55.9 Å². The number of nitrogens with zero attached hydrogens (tertiary/aromatic N) is 2. The number of rotatable bonds is 3. The molecule has 0 spiro atoms. The Morgan fingerprint density at radius 3 is 2.92 bits per heavy atom. The highest BCUT2D eigenvalue weighted by molar-refractivity contribution is 7.18. The zero-order valence-electron chi connectivity index (χ0n) is 13.5. The largest absolute Gasteiger partial charge is 0.378 e. The van der Waals surface area contributed by atoms with Gasteiger partial charge < -0.3 is 9.64 Å². The van der Waals surface area contributed by atoms with Crippen molar-refractivity contribution in [2.24, 2.45) is 0 Å². The number of amides is 1. The van der Waals surface area contributed by atoms with Gasteiger partial charge in [0, 0.05) is 30.6 Å². The molecule has 1 unspecified atom stereocenters. The first-order chi connectivity index (χ1) is 11.7. The van der Waals surface area contributed by atoms with Crippen LogP contribution in [0.3, 0.4) is 0 Å². The minimum atomic E-state index is 0.143. The molecular formula is C18H21ClN2O2S. The Kier molecular flexibility index (Phi) is 4.74. The van der Waals surface area contributed by atoms with Crippen molar-refractivity contribution in [3.05, 3.63) is 28.2 Å². The Balaban J connectivity index is 1.37. The van der Waals surface area contributed by atoms with E-state index in [4.69, 9.17) is 21.3 Å². The molecular weight excluding hydrogens is 344 g/mol. The molecule has 0 N–H and O–H groups in total. The molecule has 4 nitrogen and oxygen atoms in total. The maximum atomic E-state index is 12.4. The molecule has 0 bridgehead atoms. The van der Waals surface area contributed by atoms with Crippen LogP contribution in [0.1, 0.15) is 43.0 Å². The van der Waals surface area contributed by atoms with Crippen molar-refractivity contribution >= 4 is 39.1 Å². The second-order valence-corrected chi connectivity index (χ2v) is 8.16. The average Bonchev–Trinajstić information content (AvgIpc) is 3.24. The number of hydrogen-bond donors (Lipinski definition) is 0. The fraction of sp³-hybridized carbons (Fsp3) is 0.556. The molecule has 3 heterocycles. The van der Waals surface area contributed by atoms with Gasteiger partial charge in [0.2, 0.25) is 5.91 Å². The predicted molar refractivity (Wildman–Crippen MR) is 96.8 cm³/mol. The van der Waals surface area contributed by atoms with Gasteiger partial charge in [0.1, 0.15) is 0 Å². The monoisotopic (exact) mass is 364 g/mol. The Morgan fingerprint density at radius 1 is 1.33 bits per heavy atom. The summed E-state index contributed by atoms with van der Waals surface area (Å²) in [5.41, 5.74) is 0.986. The SMILES string of the molecule is O=C(CC1CCCO1)N1CCC(c2nc3cc(Cl)ccc3s2)CC1. The number of aromatic nitrogens is 1. The number of halogens is 1. The zero-order chi connectivity index (χ0) is 16.5. The molecule has 6 heteroatoms. The quantitative estimate of drug-likeness (QED) is 0.818. The van der Waals surface area contributed by atoms with E-state index in [-0.39, 0.29) is 12.0 Å². The van der Waals surface area contributed by atoms with Crippen LogP contribution >= 0.6 is 22.9 Å². The highest BCUT2D eigenvalue weighted by atomic mass is 35.5. The summed E-state index contributed by atoms with van der Waals surface area (Å²) in [6.07, 6.45) is 4.78. The van der Waals surface area contributed by atoms with Crippen molar-refractivity contribution < 1.29 is 9.53 Å². The van der Waals surface area contributed by atoms with Crippen LogP contribution in [0.15, 0.2) is 18.2 Å². The van der Waals surface area contributed by atoms with E-state index in [1.165, 1.54) is 9.71 Å². The van der Waals surface area contributed by atoms with Gasteiger partial charge in [-0.25, -0.2) is 4.98 Å². The average molecular weight is 365 g/mol. The van der Waals surface area contributed by atoms with Crippen LogP contribution in [0.25, 0.3) is 10.2 Å². The van der Waals surface area contributed by atoms with Crippen LogP contribution in [0, 0.1) is 0 Å². The molecule has 1 atom stereocenters. The molecule has 2 aliphatic rings. The number of fused-ring (bicyclic) bond motifs is 1. The maximum absolute atomic E-state index is 12.4. The summed E-state index contributed by atoms with van der Waals surface area (Å²) in [6, 6.07) is 5.88.